The van der Waals surface area contributed by atoms with E-state index in [2.05, 4.69) is 4.98 Å². The molecule has 0 saturated carbocycles. The molecule has 6 nitrogen and oxygen atoms in total. The summed E-state index contributed by atoms with van der Waals surface area (Å²) in [6.45, 7) is 0. The summed E-state index contributed by atoms with van der Waals surface area (Å²) in [5, 5.41) is 9.16. The lowest BCUT2D eigenvalue weighted by molar-refractivity contribution is 0.0663. The molecule has 19 heavy (non-hydrogen) atoms. The molecule has 3 rings (SSSR count). The Morgan fingerprint density at radius 3 is 2.84 bits per heavy atom. The second-order valence-corrected chi connectivity index (χ2v) is 3.93. The molecule has 1 N–H and O–H groups in total. The van der Waals surface area contributed by atoms with Gasteiger partial charge in [-0.25, -0.2) is 9.78 Å². The van der Waals surface area contributed by atoms with Crippen molar-refractivity contribution in [2.45, 2.75) is 0 Å². The molecule has 0 radical (unpaired) electrons. The van der Waals surface area contributed by atoms with Crippen molar-refractivity contribution in [2.24, 2.45) is 0 Å². The minimum atomic E-state index is -1.27. The Morgan fingerprint density at radius 2 is 2.16 bits per heavy atom. The normalized spacial score (nSPS) is 10.7. The van der Waals surface area contributed by atoms with Crippen LogP contribution in [0.3, 0.4) is 0 Å². The number of fused-ring (bicyclic) bond motifs is 1. The zero-order chi connectivity index (χ0) is 13.4. The highest BCUT2D eigenvalue weighted by molar-refractivity contribution is 5.87. The number of benzene rings is 1. The zero-order valence-electron chi connectivity index (χ0n) is 9.61. The molecule has 0 spiro atoms. The first-order valence-electron chi connectivity index (χ1n) is 5.45. The maximum Gasteiger partial charge on any atom is 0.371 e. The van der Waals surface area contributed by atoms with Gasteiger partial charge in [-0.05, 0) is 18.2 Å². The van der Waals surface area contributed by atoms with Crippen LogP contribution in [0.4, 0.5) is 0 Å². The molecular weight excluding hydrogens is 248 g/mol. The largest absolute Gasteiger partial charge is 0.475 e. The van der Waals surface area contributed by atoms with Gasteiger partial charge in [0.25, 0.3) is 0 Å². The molecule has 0 aliphatic heterocycles. The van der Waals surface area contributed by atoms with Crippen molar-refractivity contribution in [3.8, 4) is 5.69 Å². The molecular formula is C13H8N2O4. The second kappa shape index (κ2) is 4.09. The molecule has 6 heteroatoms. The van der Waals surface area contributed by atoms with Gasteiger partial charge in [-0.2, -0.15) is 0 Å². The van der Waals surface area contributed by atoms with Crippen LogP contribution in [0.15, 0.2) is 52.2 Å². The van der Waals surface area contributed by atoms with Crippen molar-refractivity contribution in [1.82, 2.24) is 9.55 Å². The maximum atomic E-state index is 11.9. The van der Waals surface area contributed by atoms with Crippen molar-refractivity contribution in [3.63, 3.8) is 0 Å². The molecule has 1 aromatic carbocycles. The van der Waals surface area contributed by atoms with E-state index in [1.165, 1.54) is 0 Å². The number of rotatable bonds is 2. The van der Waals surface area contributed by atoms with Crippen LogP contribution in [0.5, 0.6) is 0 Å². The fraction of sp³-hybridized carbons (Fsp3) is 0. The van der Waals surface area contributed by atoms with Gasteiger partial charge in [-0.3, -0.25) is 4.79 Å². The summed E-state index contributed by atoms with van der Waals surface area (Å²) in [6.07, 6.45) is 4.98. The van der Waals surface area contributed by atoms with Crippen LogP contribution in [0.1, 0.15) is 10.6 Å². The predicted octanol–water partition coefficient (Wildman–Crippen LogP) is 1.68. The summed E-state index contributed by atoms with van der Waals surface area (Å²) in [6, 6.07) is 5.90. The molecule has 0 atom stereocenters. The lowest BCUT2D eigenvalue weighted by Gasteiger charge is -2.04. The molecule has 2 aromatic heterocycles. The molecule has 0 bridgehead atoms. The Balaban J connectivity index is 2.25. The van der Waals surface area contributed by atoms with E-state index in [0.29, 0.717) is 5.39 Å². The van der Waals surface area contributed by atoms with Crippen molar-refractivity contribution < 1.29 is 14.3 Å². The number of carbonyl (C=O) groups is 1. The number of carboxylic acids is 1. The quantitative estimate of drug-likeness (QED) is 0.753. The number of imidazole rings is 1. The molecule has 0 unspecified atom stereocenters. The SMILES string of the molecule is O=C(O)c1cc(=O)c2cc(-n3ccnc3)ccc2o1. The molecule has 94 valence electrons. The van der Waals surface area contributed by atoms with Gasteiger partial charge in [0.05, 0.1) is 11.7 Å². The molecule has 0 aliphatic rings. The topological polar surface area (TPSA) is 85.3 Å². The lowest BCUT2D eigenvalue weighted by Crippen LogP contribution is -2.06. The van der Waals surface area contributed by atoms with Gasteiger partial charge >= 0.3 is 5.97 Å². The third-order valence-electron chi connectivity index (χ3n) is 2.72. The van der Waals surface area contributed by atoms with E-state index in [1.54, 1.807) is 41.5 Å². The highest BCUT2D eigenvalue weighted by Crippen LogP contribution is 2.17. The van der Waals surface area contributed by atoms with Crippen molar-refractivity contribution in [1.29, 1.82) is 0 Å². The second-order valence-electron chi connectivity index (χ2n) is 3.93. The average molecular weight is 256 g/mol. The number of aromatic carboxylic acids is 1. The van der Waals surface area contributed by atoms with Crippen LogP contribution < -0.4 is 5.43 Å². The maximum absolute atomic E-state index is 11.9. The Morgan fingerprint density at radius 1 is 1.32 bits per heavy atom. The van der Waals surface area contributed by atoms with Crippen molar-refractivity contribution >= 4 is 16.9 Å². The molecule has 2 heterocycles. The highest BCUT2D eigenvalue weighted by atomic mass is 16.4. The van der Waals surface area contributed by atoms with Gasteiger partial charge in [-0.1, -0.05) is 0 Å². The van der Waals surface area contributed by atoms with E-state index in [9.17, 15) is 9.59 Å². The lowest BCUT2D eigenvalue weighted by atomic mass is 10.2. The Bertz CT molecular complexity index is 818. The number of aromatic nitrogens is 2. The van der Waals surface area contributed by atoms with Gasteiger partial charge in [0.1, 0.15) is 5.58 Å². The standard InChI is InChI=1S/C13H8N2O4/c16-10-6-12(13(17)18)19-11-2-1-8(5-9(10)11)15-4-3-14-7-15/h1-7H,(H,17,18). The van der Waals surface area contributed by atoms with Crippen LogP contribution >= 0.6 is 0 Å². The first-order valence-corrected chi connectivity index (χ1v) is 5.45. The fourth-order valence-electron chi connectivity index (χ4n) is 1.82. The predicted molar refractivity (Wildman–Crippen MR) is 66.6 cm³/mol. The van der Waals surface area contributed by atoms with E-state index in [0.717, 1.165) is 11.8 Å². The molecule has 0 aliphatic carbocycles. The monoisotopic (exact) mass is 256 g/mol. The van der Waals surface area contributed by atoms with Crippen LogP contribution in [0, 0.1) is 0 Å². The van der Waals surface area contributed by atoms with Crippen LogP contribution in [-0.2, 0) is 0 Å². The third kappa shape index (κ3) is 1.89. The molecule has 0 saturated heterocycles. The Hall–Kier alpha value is -2.89. The summed E-state index contributed by atoms with van der Waals surface area (Å²) in [5.74, 6) is -1.63. The van der Waals surface area contributed by atoms with E-state index >= 15 is 0 Å². The van der Waals surface area contributed by atoms with Gasteiger partial charge < -0.3 is 14.1 Å². The number of carboxylic acid groups (broad SMARTS) is 1. The zero-order valence-corrected chi connectivity index (χ0v) is 9.61. The number of hydrogen-bond acceptors (Lipinski definition) is 4. The van der Waals surface area contributed by atoms with E-state index < -0.39 is 5.97 Å². The Labute approximate surface area is 106 Å². The molecule has 0 amide bonds. The van der Waals surface area contributed by atoms with Gasteiger partial charge in [-0.15, -0.1) is 0 Å². The highest BCUT2D eigenvalue weighted by Gasteiger charge is 2.11. The van der Waals surface area contributed by atoms with Gasteiger partial charge in [0, 0.05) is 24.1 Å². The first kappa shape index (κ1) is 11.2. The van der Waals surface area contributed by atoms with Crippen molar-refractivity contribution in [2.75, 3.05) is 0 Å². The minimum Gasteiger partial charge on any atom is -0.475 e. The first-order chi connectivity index (χ1) is 9.15. The summed E-state index contributed by atoms with van der Waals surface area (Å²) in [5.41, 5.74) is 0.606. The molecule has 3 aromatic rings. The van der Waals surface area contributed by atoms with E-state index in [4.69, 9.17) is 9.52 Å². The average Bonchev–Trinajstić information content (AvgIpc) is 2.92. The molecule has 0 fully saturated rings. The van der Waals surface area contributed by atoms with E-state index in [-0.39, 0.29) is 16.8 Å². The van der Waals surface area contributed by atoms with Crippen molar-refractivity contribution in [3.05, 3.63) is 59.0 Å². The summed E-state index contributed by atoms with van der Waals surface area (Å²) < 4.78 is 6.89. The van der Waals surface area contributed by atoms with E-state index in [1.807, 2.05) is 0 Å². The van der Waals surface area contributed by atoms with Crippen LogP contribution in [0.2, 0.25) is 0 Å². The van der Waals surface area contributed by atoms with Crippen LogP contribution in [0.25, 0.3) is 16.7 Å². The third-order valence-corrected chi connectivity index (χ3v) is 2.72. The summed E-state index contributed by atoms with van der Waals surface area (Å²) >= 11 is 0. The minimum absolute atomic E-state index is 0.244. The number of hydrogen-bond donors (Lipinski definition) is 1. The summed E-state index contributed by atoms with van der Waals surface area (Å²) in [4.78, 5) is 26.6. The Kier molecular flexibility index (Phi) is 2.42. The van der Waals surface area contributed by atoms with Crippen LogP contribution in [-0.4, -0.2) is 20.6 Å². The fourth-order valence-corrected chi connectivity index (χ4v) is 1.82. The van der Waals surface area contributed by atoms with Gasteiger partial charge in [0.2, 0.25) is 5.76 Å². The summed E-state index contributed by atoms with van der Waals surface area (Å²) in [7, 11) is 0. The van der Waals surface area contributed by atoms with Gasteiger partial charge in [0.15, 0.2) is 5.43 Å². The number of nitrogens with zero attached hydrogens (tertiary/aromatic N) is 2. The smallest absolute Gasteiger partial charge is 0.371 e.